The van der Waals surface area contributed by atoms with Gasteiger partial charge in [-0.05, 0) is 37.8 Å². The normalized spacial score (nSPS) is 17.4. The highest BCUT2D eigenvalue weighted by Crippen LogP contribution is 2.27. The van der Waals surface area contributed by atoms with E-state index < -0.39 is 0 Å². The Labute approximate surface area is 174 Å². The number of fused-ring (bicyclic) bond motifs is 1. The topological polar surface area (TPSA) is 56.7 Å². The van der Waals surface area contributed by atoms with E-state index in [2.05, 4.69) is 46.7 Å². The van der Waals surface area contributed by atoms with Gasteiger partial charge in [0.25, 0.3) is 0 Å². The molecule has 2 N–H and O–H groups in total. The Morgan fingerprint density at radius 3 is 2.73 bits per heavy atom. The third kappa shape index (κ3) is 5.34. The zero-order valence-electron chi connectivity index (χ0n) is 15.7. The third-order valence-electron chi connectivity index (χ3n) is 5.13. The number of halogens is 1. The molecule has 1 aliphatic carbocycles. The maximum atomic E-state index is 12.2. The molecule has 0 saturated heterocycles. The van der Waals surface area contributed by atoms with Crippen molar-refractivity contribution in [2.24, 2.45) is 10.9 Å². The lowest BCUT2D eigenvalue weighted by atomic mass is 9.89. The maximum Gasteiger partial charge on any atom is 0.223 e. The second kappa shape index (κ2) is 10.7. The predicted molar refractivity (Wildman–Crippen MR) is 118 cm³/mol. The minimum Gasteiger partial charge on any atom is -0.356 e. The van der Waals surface area contributed by atoms with Crippen molar-refractivity contribution in [1.82, 2.24) is 10.6 Å². The number of nitrogens with one attached hydrogen (secondary N) is 2. The number of para-hydroxylation sites is 1. The number of benzene rings is 1. The Balaban J connectivity index is 0.00000243. The van der Waals surface area contributed by atoms with Gasteiger partial charge in [0, 0.05) is 31.2 Å². The van der Waals surface area contributed by atoms with Gasteiger partial charge in [0.05, 0.1) is 6.54 Å². The van der Waals surface area contributed by atoms with Crippen molar-refractivity contribution in [1.29, 1.82) is 0 Å². The summed E-state index contributed by atoms with van der Waals surface area (Å²) in [5, 5.41) is 6.45. The van der Waals surface area contributed by atoms with E-state index in [1.54, 1.807) is 0 Å². The number of anilines is 1. The third-order valence-corrected chi connectivity index (χ3v) is 5.13. The van der Waals surface area contributed by atoms with Crippen LogP contribution >= 0.6 is 24.0 Å². The van der Waals surface area contributed by atoms with E-state index in [-0.39, 0.29) is 35.8 Å². The predicted octanol–water partition coefficient (Wildman–Crippen LogP) is 3.33. The van der Waals surface area contributed by atoms with E-state index in [1.807, 2.05) is 0 Å². The summed E-state index contributed by atoms with van der Waals surface area (Å²) in [6, 6.07) is 8.50. The molecule has 1 aromatic rings. The summed E-state index contributed by atoms with van der Waals surface area (Å²) < 4.78 is 0. The van der Waals surface area contributed by atoms with Crippen LogP contribution in [0.2, 0.25) is 0 Å². The number of rotatable bonds is 5. The molecule has 2 aliphatic rings. The fourth-order valence-corrected chi connectivity index (χ4v) is 3.80. The molecule has 1 heterocycles. The van der Waals surface area contributed by atoms with Crippen molar-refractivity contribution < 1.29 is 4.79 Å². The van der Waals surface area contributed by atoms with Crippen molar-refractivity contribution in [2.45, 2.75) is 45.4 Å². The number of carbonyl (C=O) groups excluding carboxylic acids is 1. The summed E-state index contributed by atoms with van der Waals surface area (Å²) in [6.45, 7) is 5.10. The van der Waals surface area contributed by atoms with Gasteiger partial charge in [-0.25, -0.2) is 0 Å². The van der Waals surface area contributed by atoms with Crippen molar-refractivity contribution in [3.63, 3.8) is 0 Å². The lowest BCUT2D eigenvalue weighted by Gasteiger charge is -2.23. The zero-order chi connectivity index (χ0) is 17.5. The molecule has 0 radical (unpaired) electrons. The number of nitrogens with zero attached hydrogens (tertiary/aromatic N) is 2. The first-order valence-corrected chi connectivity index (χ1v) is 9.71. The summed E-state index contributed by atoms with van der Waals surface area (Å²) in [6.07, 6.45) is 6.80. The Hall–Kier alpha value is -1.31. The maximum absolute atomic E-state index is 12.2. The van der Waals surface area contributed by atoms with Gasteiger partial charge in [0.15, 0.2) is 5.96 Å². The molecule has 144 valence electrons. The lowest BCUT2D eigenvalue weighted by molar-refractivity contribution is -0.125. The quantitative estimate of drug-likeness (QED) is 0.301. The van der Waals surface area contributed by atoms with Gasteiger partial charge in [0.2, 0.25) is 5.91 Å². The van der Waals surface area contributed by atoms with E-state index in [9.17, 15) is 4.79 Å². The minimum absolute atomic E-state index is 0. The zero-order valence-corrected chi connectivity index (χ0v) is 18.0. The molecule has 26 heavy (non-hydrogen) atoms. The molecule has 1 aromatic carbocycles. The number of amides is 1. The van der Waals surface area contributed by atoms with E-state index in [4.69, 9.17) is 4.99 Å². The minimum atomic E-state index is 0. The fourth-order valence-electron chi connectivity index (χ4n) is 3.80. The summed E-state index contributed by atoms with van der Waals surface area (Å²) in [7, 11) is 0. The standard InChI is InChI=1S/C20H30N4O.HI/c1-2-21-20(24-15-12-16-8-6-7-11-18(16)24)23-14-13-22-19(25)17-9-4-3-5-10-17;/h6-8,11,17H,2-5,9-10,12-15H2,1H3,(H,21,23)(H,22,25);1H. The highest BCUT2D eigenvalue weighted by Gasteiger charge is 2.23. The number of hydrogen-bond acceptors (Lipinski definition) is 2. The van der Waals surface area contributed by atoms with Gasteiger partial charge in [-0.15, -0.1) is 24.0 Å². The second-order valence-electron chi connectivity index (χ2n) is 6.89. The van der Waals surface area contributed by atoms with Crippen molar-refractivity contribution >= 4 is 41.5 Å². The molecule has 1 fully saturated rings. The van der Waals surface area contributed by atoms with Gasteiger partial charge in [0.1, 0.15) is 0 Å². The summed E-state index contributed by atoms with van der Waals surface area (Å²) in [5.41, 5.74) is 2.62. The highest BCUT2D eigenvalue weighted by atomic mass is 127. The fraction of sp³-hybridized carbons (Fsp3) is 0.600. The van der Waals surface area contributed by atoms with Crippen LogP contribution in [0.25, 0.3) is 0 Å². The number of carbonyl (C=O) groups is 1. The summed E-state index contributed by atoms with van der Waals surface area (Å²) in [5.74, 6) is 1.35. The Morgan fingerprint density at radius 1 is 1.19 bits per heavy atom. The van der Waals surface area contributed by atoms with Gasteiger partial charge in [-0.3, -0.25) is 9.79 Å². The average molecular weight is 470 g/mol. The van der Waals surface area contributed by atoms with Crippen LogP contribution in [0.5, 0.6) is 0 Å². The van der Waals surface area contributed by atoms with Crippen LogP contribution in [0, 0.1) is 5.92 Å². The summed E-state index contributed by atoms with van der Waals surface area (Å²) >= 11 is 0. The van der Waals surface area contributed by atoms with Crippen LogP contribution in [0.4, 0.5) is 5.69 Å². The lowest BCUT2D eigenvalue weighted by Crippen LogP contribution is -2.41. The van der Waals surface area contributed by atoms with Crippen LogP contribution < -0.4 is 15.5 Å². The first kappa shape index (κ1) is 21.0. The SMILES string of the molecule is CCNC(=NCCNC(=O)C1CCCCC1)N1CCc2ccccc21.I. The molecule has 0 aromatic heterocycles. The molecule has 6 heteroatoms. The first-order chi connectivity index (χ1) is 12.3. The highest BCUT2D eigenvalue weighted by molar-refractivity contribution is 14.0. The summed E-state index contributed by atoms with van der Waals surface area (Å²) in [4.78, 5) is 19.2. The monoisotopic (exact) mass is 470 g/mol. The van der Waals surface area contributed by atoms with Gasteiger partial charge in [-0.2, -0.15) is 0 Å². The molecular weight excluding hydrogens is 439 g/mol. The molecule has 3 rings (SSSR count). The Morgan fingerprint density at radius 2 is 1.96 bits per heavy atom. The van der Waals surface area contributed by atoms with Gasteiger partial charge < -0.3 is 15.5 Å². The molecule has 1 aliphatic heterocycles. The molecule has 5 nitrogen and oxygen atoms in total. The number of aliphatic imine (C=N–C) groups is 1. The van der Waals surface area contributed by atoms with Crippen LogP contribution in [-0.4, -0.2) is 38.0 Å². The molecule has 0 bridgehead atoms. The first-order valence-electron chi connectivity index (χ1n) is 9.71. The van der Waals surface area contributed by atoms with Crippen molar-refractivity contribution in [2.75, 3.05) is 31.1 Å². The van der Waals surface area contributed by atoms with Gasteiger partial charge >= 0.3 is 0 Å². The number of hydrogen-bond donors (Lipinski definition) is 2. The average Bonchev–Trinajstić information content (AvgIpc) is 3.09. The molecule has 1 saturated carbocycles. The van der Waals surface area contributed by atoms with E-state index in [0.29, 0.717) is 13.1 Å². The molecular formula is C20H31IN4O. The van der Waals surface area contributed by atoms with Gasteiger partial charge in [-0.1, -0.05) is 37.5 Å². The largest absolute Gasteiger partial charge is 0.356 e. The molecule has 0 spiro atoms. The van der Waals surface area contributed by atoms with E-state index >= 15 is 0 Å². The molecule has 0 atom stereocenters. The number of guanidine groups is 1. The second-order valence-corrected chi connectivity index (χ2v) is 6.89. The van der Waals surface area contributed by atoms with Crippen LogP contribution in [-0.2, 0) is 11.2 Å². The van der Waals surface area contributed by atoms with Crippen LogP contribution in [0.1, 0.15) is 44.6 Å². The molecule has 1 amide bonds. The van der Waals surface area contributed by atoms with Crippen molar-refractivity contribution in [3.8, 4) is 0 Å². The van der Waals surface area contributed by atoms with Crippen LogP contribution in [0.15, 0.2) is 29.3 Å². The van der Waals surface area contributed by atoms with Crippen molar-refractivity contribution in [3.05, 3.63) is 29.8 Å². The smallest absolute Gasteiger partial charge is 0.223 e. The molecule has 0 unspecified atom stereocenters. The Bertz CT molecular complexity index is 614. The Kier molecular flexibility index (Phi) is 8.68. The van der Waals surface area contributed by atoms with Crippen LogP contribution in [0.3, 0.4) is 0 Å². The van der Waals surface area contributed by atoms with E-state index in [1.165, 1.54) is 30.5 Å². The van der Waals surface area contributed by atoms with E-state index in [0.717, 1.165) is 38.3 Å².